The first-order chi connectivity index (χ1) is 19.8. The van der Waals surface area contributed by atoms with Crippen molar-refractivity contribution >= 4 is 58.5 Å². The van der Waals surface area contributed by atoms with Gasteiger partial charge in [0.05, 0.1) is 18.6 Å². The van der Waals surface area contributed by atoms with Gasteiger partial charge in [-0.3, -0.25) is 14.4 Å². The molecule has 7 nitrogen and oxygen atoms in total. The molecule has 4 aromatic carbocycles. The van der Waals surface area contributed by atoms with Crippen LogP contribution < -0.4 is 20.7 Å². The molecule has 0 unspecified atom stereocenters. The van der Waals surface area contributed by atoms with Gasteiger partial charge in [-0.15, -0.1) is 11.8 Å². The molecule has 0 saturated heterocycles. The maximum atomic E-state index is 14.3. The minimum absolute atomic E-state index is 0.127. The first-order valence-corrected chi connectivity index (χ1v) is 13.7. The fourth-order valence-corrected chi connectivity index (χ4v) is 4.51. The highest BCUT2D eigenvalue weighted by molar-refractivity contribution is 8.00. The standard InChI is InChI=1S/C31H25ClFN3O4S/c1-40-28-16-11-22(32)18-26(28)35-29(37)19-41-24-14-12-23(13-15-24)34-31(39)27(17-21-9-5-6-10-25(21)33)36-30(38)20-7-3-2-4-8-20/h2-18H,19H2,1H3,(H,34,39)(H,35,37)(H,36,38)/b27-17-. The van der Waals surface area contributed by atoms with Crippen molar-refractivity contribution in [2.45, 2.75) is 4.90 Å². The molecule has 0 atom stereocenters. The number of rotatable bonds is 10. The zero-order valence-corrected chi connectivity index (χ0v) is 23.4. The summed E-state index contributed by atoms with van der Waals surface area (Å²) in [5.74, 6) is -1.30. The summed E-state index contributed by atoms with van der Waals surface area (Å²) < 4.78 is 19.6. The number of ether oxygens (including phenoxy) is 1. The zero-order valence-electron chi connectivity index (χ0n) is 21.8. The van der Waals surface area contributed by atoms with Gasteiger partial charge in [0.2, 0.25) is 5.91 Å². The molecule has 0 spiro atoms. The van der Waals surface area contributed by atoms with Crippen LogP contribution in [0.15, 0.2) is 108 Å². The third kappa shape index (κ3) is 8.44. The number of benzene rings is 4. The summed E-state index contributed by atoms with van der Waals surface area (Å²) in [5.41, 5.74) is 1.28. The minimum atomic E-state index is -0.632. The first-order valence-electron chi connectivity index (χ1n) is 12.3. The van der Waals surface area contributed by atoms with Crippen LogP contribution in [0.4, 0.5) is 15.8 Å². The van der Waals surface area contributed by atoms with Crippen LogP contribution in [0.3, 0.4) is 0 Å². The molecular formula is C31H25ClFN3O4S. The molecule has 0 aromatic heterocycles. The van der Waals surface area contributed by atoms with Crippen LogP contribution in [0.5, 0.6) is 5.75 Å². The summed E-state index contributed by atoms with van der Waals surface area (Å²) >= 11 is 7.32. The Morgan fingerprint density at radius 2 is 1.61 bits per heavy atom. The topological polar surface area (TPSA) is 96.5 Å². The number of halogens is 2. The Morgan fingerprint density at radius 1 is 0.902 bits per heavy atom. The zero-order chi connectivity index (χ0) is 29.2. The van der Waals surface area contributed by atoms with Crippen LogP contribution in [-0.2, 0) is 9.59 Å². The van der Waals surface area contributed by atoms with E-state index in [1.807, 2.05) is 0 Å². The van der Waals surface area contributed by atoms with E-state index in [1.165, 1.54) is 43.1 Å². The summed E-state index contributed by atoms with van der Waals surface area (Å²) in [6.45, 7) is 0. The molecule has 4 aromatic rings. The molecule has 10 heteroatoms. The number of hydrogen-bond donors (Lipinski definition) is 3. The molecule has 0 aliphatic carbocycles. The van der Waals surface area contributed by atoms with E-state index in [4.69, 9.17) is 16.3 Å². The number of nitrogens with one attached hydrogen (secondary N) is 3. The average Bonchev–Trinajstić information content (AvgIpc) is 2.98. The van der Waals surface area contributed by atoms with Crippen molar-refractivity contribution < 1.29 is 23.5 Å². The monoisotopic (exact) mass is 589 g/mol. The number of methoxy groups -OCH3 is 1. The second kappa shape index (κ2) is 14.2. The average molecular weight is 590 g/mol. The molecule has 0 heterocycles. The maximum Gasteiger partial charge on any atom is 0.272 e. The number of hydrogen-bond acceptors (Lipinski definition) is 5. The van der Waals surface area contributed by atoms with Crippen molar-refractivity contribution in [2.75, 3.05) is 23.5 Å². The van der Waals surface area contributed by atoms with E-state index in [1.54, 1.807) is 78.9 Å². The molecule has 208 valence electrons. The quantitative estimate of drug-likeness (QED) is 0.143. The van der Waals surface area contributed by atoms with Gasteiger partial charge in [-0.1, -0.05) is 48.0 Å². The molecule has 0 saturated carbocycles. The lowest BCUT2D eigenvalue weighted by Gasteiger charge is -2.12. The molecule has 0 fully saturated rings. The van der Waals surface area contributed by atoms with E-state index in [2.05, 4.69) is 16.0 Å². The molecule has 4 rings (SSSR count). The van der Waals surface area contributed by atoms with Gasteiger partial charge in [-0.25, -0.2) is 4.39 Å². The smallest absolute Gasteiger partial charge is 0.272 e. The lowest BCUT2D eigenvalue weighted by atomic mass is 10.1. The maximum absolute atomic E-state index is 14.3. The lowest BCUT2D eigenvalue weighted by molar-refractivity contribution is -0.114. The molecular weight excluding hydrogens is 565 g/mol. The highest BCUT2D eigenvalue weighted by atomic mass is 35.5. The predicted octanol–water partition coefficient (Wildman–Crippen LogP) is 6.63. The molecule has 0 aliphatic rings. The second-order valence-electron chi connectivity index (χ2n) is 8.56. The fraction of sp³-hybridized carbons (Fsp3) is 0.0645. The molecule has 0 aliphatic heterocycles. The van der Waals surface area contributed by atoms with Crippen LogP contribution >= 0.6 is 23.4 Å². The van der Waals surface area contributed by atoms with Gasteiger partial charge < -0.3 is 20.7 Å². The van der Waals surface area contributed by atoms with Crippen molar-refractivity contribution in [1.82, 2.24) is 5.32 Å². The van der Waals surface area contributed by atoms with Crippen LogP contribution in [-0.4, -0.2) is 30.6 Å². The van der Waals surface area contributed by atoms with E-state index in [0.29, 0.717) is 27.7 Å². The number of amides is 3. The fourth-order valence-electron chi connectivity index (χ4n) is 3.64. The van der Waals surface area contributed by atoms with Gasteiger partial charge in [0.25, 0.3) is 11.8 Å². The van der Waals surface area contributed by atoms with E-state index in [0.717, 1.165) is 4.90 Å². The van der Waals surface area contributed by atoms with Crippen LogP contribution in [0.2, 0.25) is 5.02 Å². The van der Waals surface area contributed by atoms with Crippen molar-refractivity contribution in [1.29, 1.82) is 0 Å². The van der Waals surface area contributed by atoms with E-state index < -0.39 is 17.6 Å². The Bertz CT molecular complexity index is 1580. The molecule has 3 amide bonds. The number of thioether (sulfide) groups is 1. The highest BCUT2D eigenvalue weighted by Crippen LogP contribution is 2.28. The third-order valence-electron chi connectivity index (χ3n) is 5.65. The largest absolute Gasteiger partial charge is 0.495 e. The van der Waals surface area contributed by atoms with Gasteiger partial charge in [-0.2, -0.15) is 0 Å². The van der Waals surface area contributed by atoms with E-state index in [-0.39, 0.29) is 22.9 Å². The summed E-state index contributed by atoms with van der Waals surface area (Å²) in [5, 5.41) is 8.55. The number of anilines is 2. The van der Waals surface area contributed by atoms with Gasteiger partial charge >= 0.3 is 0 Å². The van der Waals surface area contributed by atoms with Crippen LogP contribution in [0.25, 0.3) is 6.08 Å². The van der Waals surface area contributed by atoms with Gasteiger partial charge in [0.15, 0.2) is 0 Å². The predicted molar refractivity (Wildman–Crippen MR) is 161 cm³/mol. The Labute approximate surface area is 245 Å². The van der Waals surface area contributed by atoms with Crippen LogP contribution in [0.1, 0.15) is 15.9 Å². The summed E-state index contributed by atoms with van der Waals surface area (Å²) in [4.78, 5) is 39.2. The third-order valence-corrected chi connectivity index (χ3v) is 6.90. The summed E-state index contributed by atoms with van der Waals surface area (Å²) in [6, 6.07) is 26.1. The van der Waals surface area contributed by atoms with Gasteiger partial charge in [-0.05, 0) is 66.7 Å². The summed E-state index contributed by atoms with van der Waals surface area (Å²) in [7, 11) is 1.50. The molecule has 0 radical (unpaired) electrons. The number of carbonyl (C=O) groups is 3. The van der Waals surface area contributed by atoms with Crippen molar-refractivity contribution in [2.24, 2.45) is 0 Å². The van der Waals surface area contributed by atoms with E-state index in [9.17, 15) is 18.8 Å². The second-order valence-corrected chi connectivity index (χ2v) is 10.0. The highest BCUT2D eigenvalue weighted by Gasteiger charge is 2.16. The van der Waals surface area contributed by atoms with Crippen molar-refractivity contribution in [3.8, 4) is 5.75 Å². The van der Waals surface area contributed by atoms with Crippen molar-refractivity contribution in [3.05, 3.63) is 125 Å². The lowest BCUT2D eigenvalue weighted by Crippen LogP contribution is -2.30. The first kappa shape index (κ1) is 29.4. The normalized spacial score (nSPS) is 11.0. The Balaban J connectivity index is 1.41. The van der Waals surface area contributed by atoms with Gasteiger partial charge in [0.1, 0.15) is 17.3 Å². The minimum Gasteiger partial charge on any atom is -0.495 e. The van der Waals surface area contributed by atoms with Crippen molar-refractivity contribution in [3.63, 3.8) is 0 Å². The number of carbonyl (C=O) groups excluding carboxylic acids is 3. The Morgan fingerprint density at radius 3 is 2.32 bits per heavy atom. The van der Waals surface area contributed by atoms with Gasteiger partial charge in [0, 0.05) is 26.7 Å². The molecule has 0 bridgehead atoms. The summed E-state index contributed by atoms with van der Waals surface area (Å²) in [6.07, 6.45) is 1.28. The molecule has 3 N–H and O–H groups in total. The Kier molecular flexibility index (Phi) is 10.1. The molecule has 41 heavy (non-hydrogen) atoms. The van der Waals surface area contributed by atoms with Crippen LogP contribution in [0, 0.1) is 5.82 Å². The van der Waals surface area contributed by atoms with E-state index >= 15 is 0 Å². The Hall–Kier alpha value is -4.60. The SMILES string of the molecule is COc1ccc(Cl)cc1NC(=O)CSc1ccc(NC(=O)/C(=C/c2ccccc2F)NC(=O)c2ccccc2)cc1.